The first kappa shape index (κ1) is 23.5. The zero-order chi connectivity index (χ0) is 24.7. The number of amides is 2. The molecule has 3 atom stereocenters. The van der Waals surface area contributed by atoms with Crippen LogP contribution < -0.4 is 5.32 Å². The van der Waals surface area contributed by atoms with Crippen molar-refractivity contribution in [1.29, 1.82) is 0 Å². The molecular weight excluding hydrogens is 443 g/mol. The minimum absolute atomic E-state index is 0.00488. The number of nitrogens with zero attached hydrogens (tertiary/aromatic N) is 2. The first-order valence-corrected chi connectivity index (χ1v) is 12.4. The zero-order valence-electron chi connectivity index (χ0n) is 20.6. The van der Waals surface area contributed by atoms with Crippen molar-refractivity contribution in [3.05, 3.63) is 70.7 Å². The number of hydrogen-bond acceptors (Lipinski definition) is 3. The van der Waals surface area contributed by atoms with Crippen LogP contribution in [0.1, 0.15) is 41.6 Å². The van der Waals surface area contributed by atoms with E-state index in [4.69, 9.17) is 0 Å². The monoisotopic (exact) mass is 476 g/mol. The van der Waals surface area contributed by atoms with Gasteiger partial charge in [0.1, 0.15) is 5.82 Å². The number of piperidine rings is 1. The molecular formula is C28H33FN4O2. The van der Waals surface area contributed by atoms with E-state index in [0.29, 0.717) is 19.6 Å². The lowest BCUT2D eigenvalue weighted by Gasteiger charge is -2.38. The molecule has 2 aliphatic heterocycles. The van der Waals surface area contributed by atoms with E-state index in [9.17, 15) is 14.0 Å². The van der Waals surface area contributed by atoms with Gasteiger partial charge in [-0.05, 0) is 61.2 Å². The molecule has 0 aliphatic carbocycles. The van der Waals surface area contributed by atoms with Crippen LogP contribution in [-0.4, -0.2) is 58.8 Å². The number of H-pyrrole nitrogens is 1. The summed E-state index contributed by atoms with van der Waals surface area (Å²) < 4.78 is 13.5. The van der Waals surface area contributed by atoms with Gasteiger partial charge >= 0.3 is 0 Å². The molecule has 6 nitrogen and oxygen atoms in total. The standard InChI is InChI=1S/C28H33FN4O2/c1-17-18(2)31-26-9-4-20(12-23(17)26)13-30-28(35)16-32-11-10-27-25(14-32)24(15-33(27)19(3)34)21-5-7-22(29)8-6-21/h4-9,12,24-25,27,31H,10-11,13-16H2,1-3H3,(H,30,35)/t24-,25-,27-/m1/s1. The van der Waals surface area contributed by atoms with Gasteiger partial charge in [0.25, 0.3) is 0 Å². The van der Waals surface area contributed by atoms with Gasteiger partial charge in [-0.2, -0.15) is 0 Å². The Balaban J connectivity index is 1.22. The number of rotatable bonds is 5. The van der Waals surface area contributed by atoms with Gasteiger partial charge in [0.2, 0.25) is 11.8 Å². The largest absolute Gasteiger partial charge is 0.358 e. The summed E-state index contributed by atoms with van der Waals surface area (Å²) in [6.07, 6.45) is 0.845. The number of aromatic nitrogens is 1. The number of benzene rings is 2. The van der Waals surface area contributed by atoms with Crippen molar-refractivity contribution in [2.45, 2.75) is 45.7 Å². The smallest absolute Gasteiger partial charge is 0.234 e. The molecule has 2 saturated heterocycles. The van der Waals surface area contributed by atoms with Gasteiger partial charge in [-0.25, -0.2) is 4.39 Å². The van der Waals surface area contributed by atoms with Crippen molar-refractivity contribution in [3.8, 4) is 0 Å². The van der Waals surface area contributed by atoms with Gasteiger partial charge in [-0.15, -0.1) is 0 Å². The molecule has 3 aromatic rings. The quantitative estimate of drug-likeness (QED) is 0.587. The Morgan fingerprint density at radius 2 is 1.89 bits per heavy atom. The molecule has 2 aromatic carbocycles. The third-order valence-electron chi connectivity index (χ3n) is 7.95. The summed E-state index contributed by atoms with van der Waals surface area (Å²) in [5.41, 5.74) is 5.66. The number of nitrogens with one attached hydrogen (secondary N) is 2. The molecule has 0 saturated carbocycles. The van der Waals surface area contributed by atoms with Crippen LogP contribution in [0.15, 0.2) is 42.5 Å². The van der Waals surface area contributed by atoms with E-state index in [1.807, 2.05) is 23.1 Å². The molecule has 3 heterocycles. The Morgan fingerprint density at radius 3 is 2.63 bits per heavy atom. The second-order valence-electron chi connectivity index (χ2n) is 10.1. The second-order valence-corrected chi connectivity index (χ2v) is 10.1. The zero-order valence-corrected chi connectivity index (χ0v) is 20.6. The van der Waals surface area contributed by atoms with E-state index < -0.39 is 0 Å². The van der Waals surface area contributed by atoms with Crippen LogP contribution in [0.4, 0.5) is 4.39 Å². The number of likely N-dealkylation sites (tertiary alicyclic amines) is 2. The van der Waals surface area contributed by atoms with Crippen LogP contribution in [-0.2, 0) is 16.1 Å². The highest BCUT2D eigenvalue weighted by Gasteiger charge is 2.46. The third-order valence-corrected chi connectivity index (χ3v) is 7.95. The van der Waals surface area contributed by atoms with Gasteiger partial charge in [0, 0.05) is 67.6 Å². The lowest BCUT2D eigenvalue weighted by Crippen LogP contribution is -2.50. The molecule has 0 unspecified atom stereocenters. The summed E-state index contributed by atoms with van der Waals surface area (Å²) >= 11 is 0. The maximum absolute atomic E-state index is 13.5. The fraction of sp³-hybridized carbons (Fsp3) is 0.429. The summed E-state index contributed by atoms with van der Waals surface area (Å²) in [5, 5.41) is 4.27. The number of carbonyl (C=O) groups is 2. The second kappa shape index (κ2) is 9.46. The topological polar surface area (TPSA) is 68.4 Å². The summed E-state index contributed by atoms with van der Waals surface area (Å²) in [6.45, 7) is 8.81. The van der Waals surface area contributed by atoms with Crippen LogP contribution in [0.5, 0.6) is 0 Å². The maximum Gasteiger partial charge on any atom is 0.234 e. The molecule has 2 N–H and O–H groups in total. The lowest BCUT2D eigenvalue weighted by molar-refractivity contribution is -0.131. The minimum Gasteiger partial charge on any atom is -0.358 e. The summed E-state index contributed by atoms with van der Waals surface area (Å²) in [4.78, 5) is 32.7. The Kier molecular flexibility index (Phi) is 6.36. The average molecular weight is 477 g/mol. The van der Waals surface area contributed by atoms with Crippen LogP contribution in [0.25, 0.3) is 10.9 Å². The highest BCUT2D eigenvalue weighted by molar-refractivity contribution is 5.85. The fourth-order valence-corrected chi connectivity index (χ4v) is 5.95. The minimum atomic E-state index is -0.255. The van der Waals surface area contributed by atoms with Crippen molar-refractivity contribution in [1.82, 2.24) is 20.1 Å². The number of hydrogen-bond donors (Lipinski definition) is 2. The molecule has 35 heavy (non-hydrogen) atoms. The maximum atomic E-state index is 13.5. The Hall–Kier alpha value is -3.19. The van der Waals surface area contributed by atoms with E-state index in [0.717, 1.165) is 36.2 Å². The van der Waals surface area contributed by atoms with E-state index in [1.54, 1.807) is 6.92 Å². The third kappa shape index (κ3) is 4.69. The first-order valence-electron chi connectivity index (χ1n) is 12.4. The Bertz CT molecular complexity index is 1250. The molecule has 0 spiro atoms. The molecule has 5 rings (SSSR count). The normalized spacial score (nSPS) is 22.4. The van der Waals surface area contributed by atoms with Crippen LogP contribution in [0.2, 0.25) is 0 Å². The highest BCUT2D eigenvalue weighted by atomic mass is 19.1. The molecule has 0 bridgehead atoms. The predicted octanol–water partition coefficient (Wildman–Crippen LogP) is 3.88. The van der Waals surface area contributed by atoms with E-state index >= 15 is 0 Å². The van der Waals surface area contributed by atoms with Gasteiger partial charge in [-0.1, -0.05) is 18.2 Å². The van der Waals surface area contributed by atoms with E-state index in [-0.39, 0.29) is 35.5 Å². The lowest BCUT2D eigenvalue weighted by atomic mass is 9.82. The van der Waals surface area contributed by atoms with Gasteiger partial charge in [0.15, 0.2) is 0 Å². The summed E-state index contributed by atoms with van der Waals surface area (Å²) in [6, 6.07) is 13.1. The predicted molar refractivity (Wildman–Crippen MR) is 134 cm³/mol. The van der Waals surface area contributed by atoms with Crippen molar-refractivity contribution in [2.24, 2.45) is 5.92 Å². The number of halogens is 1. The van der Waals surface area contributed by atoms with E-state index in [1.165, 1.54) is 28.8 Å². The van der Waals surface area contributed by atoms with Crippen molar-refractivity contribution < 1.29 is 14.0 Å². The van der Waals surface area contributed by atoms with Gasteiger partial charge < -0.3 is 15.2 Å². The van der Waals surface area contributed by atoms with Crippen molar-refractivity contribution in [2.75, 3.05) is 26.2 Å². The number of carbonyl (C=O) groups excluding carboxylic acids is 2. The number of fused-ring (bicyclic) bond motifs is 2. The number of aryl methyl sites for hydroxylation is 2. The first-order chi connectivity index (χ1) is 16.8. The molecule has 2 aliphatic rings. The molecule has 2 amide bonds. The van der Waals surface area contributed by atoms with Crippen molar-refractivity contribution >= 4 is 22.7 Å². The molecule has 0 radical (unpaired) electrons. The molecule has 184 valence electrons. The average Bonchev–Trinajstić information content (AvgIpc) is 3.35. The molecule has 7 heteroatoms. The summed E-state index contributed by atoms with van der Waals surface area (Å²) in [7, 11) is 0. The van der Waals surface area contributed by atoms with Gasteiger partial charge in [0.05, 0.1) is 6.54 Å². The van der Waals surface area contributed by atoms with Gasteiger partial charge in [-0.3, -0.25) is 14.5 Å². The van der Waals surface area contributed by atoms with Crippen molar-refractivity contribution in [3.63, 3.8) is 0 Å². The summed E-state index contributed by atoms with van der Waals surface area (Å²) in [5.74, 6) is 0.212. The molecule has 2 fully saturated rings. The van der Waals surface area contributed by atoms with E-state index in [2.05, 4.69) is 41.2 Å². The fourth-order valence-electron chi connectivity index (χ4n) is 5.95. The van der Waals surface area contributed by atoms with Crippen LogP contribution in [0.3, 0.4) is 0 Å². The Labute approximate surface area is 205 Å². The van der Waals surface area contributed by atoms with Crippen LogP contribution >= 0.6 is 0 Å². The van der Waals surface area contributed by atoms with Crippen LogP contribution in [0, 0.1) is 25.6 Å². The Morgan fingerprint density at radius 1 is 1.11 bits per heavy atom. The highest BCUT2D eigenvalue weighted by Crippen LogP contribution is 2.41. The SMILES string of the molecule is CC(=O)N1C[C@H](c2ccc(F)cc2)[C@H]2CN(CC(=O)NCc3ccc4[nH]c(C)c(C)c4c3)CC[C@H]21. The number of aromatic amines is 1. The molecule has 1 aromatic heterocycles.